The van der Waals surface area contributed by atoms with Gasteiger partial charge in [0.15, 0.2) is 0 Å². The van der Waals surface area contributed by atoms with Gasteiger partial charge in [0, 0.05) is 44.4 Å². The van der Waals surface area contributed by atoms with Gasteiger partial charge in [0.1, 0.15) is 24.3 Å². The summed E-state index contributed by atoms with van der Waals surface area (Å²) >= 11 is 1.50. The summed E-state index contributed by atoms with van der Waals surface area (Å²) in [4.78, 5) is 20.1. The Balaban J connectivity index is 1.11. The molecule has 0 radical (unpaired) electrons. The molecule has 0 spiro atoms. The lowest BCUT2D eigenvalue weighted by molar-refractivity contribution is -0.384. The number of piperazine rings is 1. The third-order valence-corrected chi connectivity index (χ3v) is 6.74. The van der Waals surface area contributed by atoms with Gasteiger partial charge in [-0.25, -0.2) is 13.9 Å². The van der Waals surface area contributed by atoms with Crippen molar-refractivity contribution in [3.8, 4) is 17.0 Å². The zero-order valence-corrected chi connectivity index (χ0v) is 19.5. The van der Waals surface area contributed by atoms with Crippen LogP contribution in [0.3, 0.4) is 0 Å². The van der Waals surface area contributed by atoms with E-state index in [4.69, 9.17) is 4.74 Å². The van der Waals surface area contributed by atoms with Gasteiger partial charge in [-0.3, -0.25) is 15.0 Å². The van der Waals surface area contributed by atoms with Crippen molar-refractivity contribution in [2.24, 2.45) is 0 Å². The Morgan fingerprint density at radius 1 is 1.17 bits per heavy atom. The number of rotatable bonds is 8. The van der Waals surface area contributed by atoms with Crippen LogP contribution < -0.4 is 9.64 Å². The number of benzene rings is 2. The molecule has 10 nitrogen and oxygen atoms in total. The van der Waals surface area contributed by atoms with Crippen molar-refractivity contribution in [2.45, 2.75) is 6.10 Å². The highest BCUT2D eigenvalue weighted by molar-refractivity contribution is 7.20. The number of aromatic nitrogens is 3. The number of nitrogens with zero attached hydrogens (tertiary/aromatic N) is 6. The first-order chi connectivity index (χ1) is 16.9. The predicted octanol–water partition coefficient (Wildman–Crippen LogP) is 3.07. The molecule has 1 unspecified atom stereocenters. The predicted molar refractivity (Wildman–Crippen MR) is 130 cm³/mol. The first-order valence-electron chi connectivity index (χ1n) is 11.1. The number of nitro groups is 1. The maximum atomic E-state index is 13.2. The van der Waals surface area contributed by atoms with Crippen LogP contribution >= 0.6 is 11.3 Å². The smallest absolute Gasteiger partial charge is 0.273 e. The first kappa shape index (κ1) is 23.1. The fourth-order valence-electron chi connectivity index (χ4n) is 3.93. The minimum Gasteiger partial charge on any atom is -0.491 e. The third kappa shape index (κ3) is 5.39. The average Bonchev–Trinajstić information content (AvgIpc) is 3.44. The summed E-state index contributed by atoms with van der Waals surface area (Å²) in [6.45, 7) is 3.56. The summed E-state index contributed by atoms with van der Waals surface area (Å²) in [5.41, 5.74) is 1.54. The van der Waals surface area contributed by atoms with E-state index in [9.17, 15) is 19.6 Å². The second kappa shape index (κ2) is 9.94. The molecule has 12 heteroatoms. The molecule has 4 aromatic rings. The van der Waals surface area contributed by atoms with E-state index in [1.54, 1.807) is 28.8 Å². The van der Waals surface area contributed by atoms with Gasteiger partial charge in [-0.05, 0) is 30.3 Å². The second-order valence-electron chi connectivity index (χ2n) is 8.25. The van der Waals surface area contributed by atoms with Crippen molar-refractivity contribution in [3.05, 3.63) is 70.7 Å². The van der Waals surface area contributed by atoms with Crippen LogP contribution in [0.15, 0.2) is 54.7 Å². The summed E-state index contributed by atoms with van der Waals surface area (Å²) in [6, 6.07) is 12.2. The molecule has 1 atom stereocenters. The Bertz CT molecular complexity index is 1290. The van der Waals surface area contributed by atoms with Crippen molar-refractivity contribution >= 4 is 27.1 Å². The van der Waals surface area contributed by atoms with Crippen LogP contribution in [0.5, 0.6) is 5.75 Å². The van der Waals surface area contributed by atoms with E-state index in [2.05, 4.69) is 19.9 Å². The van der Waals surface area contributed by atoms with Crippen molar-refractivity contribution in [1.29, 1.82) is 0 Å². The van der Waals surface area contributed by atoms with Gasteiger partial charge in [-0.1, -0.05) is 17.4 Å². The summed E-state index contributed by atoms with van der Waals surface area (Å²) in [5.74, 6) is 0.0799. The molecule has 0 aliphatic carbocycles. The number of hydrogen-bond donors (Lipinski definition) is 1. The monoisotopic (exact) mass is 498 g/mol. The number of hydrogen-bond acceptors (Lipinski definition) is 9. The van der Waals surface area contributed by atoms with Gasteiger partial charge >= 0.3 is 0 Å². The van der Waals surface area contributed by atoms with Crippen LogP contribution in [-0.4, -0.2) is 75.0 Å². The van der Waals surface area contributed by atoms with Crippen LogP contribution in [-0.2, 0) is 0 Å². The van der Waals surface area contributed by atoms with Gasteiger partial charge in [0.2, 0.25) is 10.1 Å². The van der Waals surface area contributed by atoms with Crippen LogP contribution in [0.1, 0.15) is 0 Å². The van der Waals surface area contributed by atoms with E-state index in [1.165, 1.54) is 35.6 Å². The fraction of sp³-hybridized carbons (Fsp3) is 0.304. The van der Waals surface area contributed by atoms with Crippen LogP contribution in [0.4, 0.5) is 15.2 Å². The molecule has 182 valence electrons. The summed E-state index contributed by atoms with van der Waals surface area (Å²) in [6.07, 6.45) is 1.13. The SMILES string of the molecule is O=[N+]([O-])c1cccc(OCC(O)CN2CCN(c3nn4cc(-c5ccc(F)cc5)nc4s3)CC2)c1. The van der Waals surface area contributed by atoms with Crippen molar-refractivity contribution < 1.29 is 19.2 Å². The molecule has 1 saturated heterocycles. The standard InChI is InChI=1S/C23H23FN6O4S/c24-17-6-4-16(5-7-17)21-14-29-22(25-21)35-23(26-29)28-10-8-27(9-11-28)13-19(31)15-34-20-3-1-2-18(12-20)30(32)33/h1-7,12,14,19,31H,8-11,13,15H2. The normalized spacial score (nSPS) is 15.4. The minimum atomic E-state index is -0.714. The van der Waals surface area contributed by atoms with Gasteiger partial charge in [0.05, 0.1) is 22.9 Å². The molecule has 0 saturated carbocycles. The molecule has 5 rings (SSSR count). The average molecular weight is 499 g/mol. The van der Waals surface area contributed by atoms with E-state index in [1.807, 2.05) is 6.20 Å². The molecule has 1 aliphatic heterocycles. The molecule has 1 fully saturated rings. The first-order valence-corrected chi connectivity index (χ1v) is 11.9. The lowest BCUT2D eigenvalue weighted by Gasteiger charge is -2.35. The van der Waals surface area contributed by atoms with E-state index >= 15 is 0 Å². The summed E-state index contributed by atoms with van der Waals surface area (Å²) in [7, 11) is 0. The third-order valence-electron chi connectivity index (χ3n) is 5.76. The topological polar surface area (TPSA) is 109 Å². The maximum Gasteiger partial charge on any atom is 0.273 e. The lowest BCUT2D eigenvalue weighted by Crippen LogP contribution is -2.49. The minimum absolute atomic E-state index is 0.0468. The highest BCUT2D eigenvalue weighted by Gasteiger charge is 2.23. The number of ether oxygens (including phenoxy) is 1. The van der Waals surface area contributed by atoms with Gasteiger partial charge in [-0.2, -0.15) is 0 Å². The molecule has 0 amide bonds. The molecular formula is C23H23FN6O4S. The van der Waals surface area contributed by atoms with E-state index in [0.29, 0.717) is 12.3 Å². The number of anilines is 1. The number of non-ortho nitro benzene ring substituents is 1. The van der Waals surface area contributed by atoms with Crippen molar-refractivity contribution in [2.75, 3.05) is 44.2 Å². The Hall–Kier alpha value is -3.61. The Kier molecular flexibility index (Phi) is 6.57. The summed E-state index contributed by atoms with van der Waals surface area (Å²) in [5, 5.41) is 26.8. The zero-order valence-electron chi connectivity index (χ0n) is 18.7. The van der Waals surface area contributed by atoms with E-state index in [-0.39, 0.29) is 18.1 Å². The van der Waals surface area contributed by atoms with Gasteiger partial charge in [-0.15, -0.1) is 5.10 Å². The number of aliphatic hydroxyl groups excluding tert-OH is 1. The van der Waals surface area contributed by atoms with Gasteiger partial charge < -0.3 is 14.7 Å². The van der Waals surface area contributed by atoms with Crippen LogP contribution in [0.25, 0.3) is 16.2 Å². The largest absolute Gasteiger partial charge is 0.491 e. The Morgan fingerprint density at radius 2 is 1.94 bits per heavy atom. The number of aliphatic hydroxyl groups is 1. The maximum absolute atomic E-state index is 13.2. The van der Waals surface area contributed by atoms with Crippen LogP contribution in [0.2, 0.25) is 0 Å². The lowest BCUT2D eigenvalue weighted by atomic mass is 10.2. The van der Waals surface area contributed by atoms with Crippen molar-refractivity contribution in [3.63, 3.8) is 0 Å². The molecular weight excluding hydrogens is 475 g/mol. The molecule has 1 N–H and O–H groups in total. The quantitative estimate of drug-likeness (QED) is 0.292. The highest BCUT2D eigenvalue weighted by Crippen LogP contribution is 2.27. The Labute approximate surface area is 204 Å². The molecule has 3 heterocycles. The van der Waals surface area contributed by atoms with E-state index < -0.39 is 11.0 Å². The molecule has 2 aromatic heterocycles. The Morgan fingerprint density at radius 3 is 2.66 bits per heavy atom. The molecule has 0 bridgehead atoms. The number of fused-ring (bicyclic) bond motifs is 1. The molecule has 1 aliphatic rings. The fourth-order valence-corrected chi connectivity index (χ4v) is 4.86. The molecule has 2 aromatic carbocycles. The van der Waals surface area contributed by atoms with Crippen LogP contribution in [0, 0.1) is 15.9 Å². The number of imidazole rings is 1. The summed E-state index contributed by atoms with van der Waals surface area (Å²) < 4.78 is 20.4. The number of halogens is 1. The highest BCUT2D eigenvalue weighted by atomic mass is 32.1. The van der Waals surface area contributed by atoms with Gasteiger partial charge in [0.25, 0.3) is 5.69 Å². The van der Waals surface area contributed by atoms with E-state index in [0.717, 1.165) is 47.5 Å². The second-order valence-corrected chi connectivity index (χ2v) is 9.19. The molecule has 35 heavy (non-hydrogen) atoms. The number of nitro benzene ring substituents is 1. The zero-order chi connectivity index (χ0) is 24.4. The van der Waals surface area contributed by atoms with Crippen molar-refractivity contribution in [1.82, 2.24) is 19.5 Å². The number of β-amino-alcohol motifs (C(OH)–C–C–N with tert-alkyl or cyclic N) is 1.